The molecule has 5 rings (SSSR count). The first-order valence-electron chi connectivity index (χ1n) is 12.1. The fourth-order valence-corrected chi connectivity index (χ4v) is 5.33. The van der Waals surface area contributed by atoms with Crippen LogP contribution in [0.4, 0.5) is 5.69 Å². The topological polar surface area (TPSA) is 90.9 Å². The highest BCUT2D eigenvalue weighted by Crippen LogP contribution is 2.33. The summed E-state index contributed by atoms with van der Waals surface area (Å²) < 4.78 is 13.2. The van der Waals surface area contributed by atoms with Crippen molar-refractivity contribution in [3.63, 3.8) is 0 Å². The number of nitrogens with zero attached hydrogens (tertiary/aromatic N) is 5. The van der Waals surface area contributed by atoms with Crippen molar-refractivity contribution in [3.05, 3.63) is 77.7 Å². The third-order valence-corrected chi connectivity index (χ3v) is 7.16. The zero-order valence-corrected chi connectivity index (χ0v) is 20.7. The van der Waals surface area contributed by atoms with Crippen LogP contribution in [0.1, 0.15) is 61.2 Å². The van der Waals surface area contributed by atoms with Crippen LogP contribution in [-0.4, -0.2) is 32.0 Å². The lowest BCUT2D eigenvalue weighted by Crippen LogP contribution is -2.18. The number of ether oxygens (including phenoxy) is 1. The molecule has 4 aromatic rings. The standard InChI is InChI=1S/C26H30N6O2S/c1-33-22-14-8-11-20(16-22)27-17-24-29-30-26(32(24)21-12-6-3-7-13-21)35-18-25-28-23(31-34-25)15-19-9-4-2-5-10-19/h2,4-5,8-11,14,16,21,27H,3,6-7,12-13,15,17-18H2,1H3. The Hall–Kier alpha value is -3.33. The van der Waals surface area contributed by atoms with Crippen molar-refractivity contribution >= 4 is 17.4 Å². The number of anilines is 1. The summed E-state index contributed by atoms with van der Waals surface area (Å²) in [6, 6.07) is 18.5. The second kappa shape index (κ2) is 11.4. The van der Waals surface area contributed by atoms with E-state index in [1.54, 1.807) is 18.9 Å². The van der Waals surface area contributed by atoms with Crippen LogP contribution in [0.2, 0.25) is 0 Å². The molecule has 2 aromatic carbocycles. The quantitative estimate of drug-likeness (QED) is 0.284. The first kappa shape index (κ1) is 23.4. The predicted molar refractivity (Wildman–Crippen MR) is 136 cm³/mol. The van der Waals surface area contributed by atoms with Gasteiger partial charge in [-0.2, -0.15) is 4.98 Å². The van der Waals surface area contributed by atoms with E-state index < -0.39 is 0 Å². The van der Waals surface area contributed by atoms with Gasteiger partial charge in [0.15, 0.2) is 16.8 Å². The van der Waals surface area contributed by atoms with Gasteiger partial charge in [-0.3, -0.25) is 0 Å². The molecule has 2 aromatic heterocycles. The van der Waals surface area contributed by atoms with Gasteiger partial charge in [-0.1, -0.05) is 72.6 Å². The molecule has 0 spiro atoms. The summed E-state index contributed by atoms with van der Waals surface area (Å²) in [7, 11) is 1.68. The second-order valence-electron chi connectivity index (χ2n) is 8.70. The predicted octanol–water partition coefficient (Wildman–Crippen LogP) is 5.67. The van der Waals surface area contributed by atoms with E-state index in [4.69, 9.17) is 9.26 Å². The Morgan fingerprint density at radius 3 is 2.74 bits per heavy atom. The van der Waals surface area contributed by atoms with Crippen LogP contribution < -0.4 is 10.1 Å². The summed E-state index contributed by atoms with van der Waals surface area (Å²) >= 11 is 1.61. The summed E-state index contributed by atoms with van der Waals surface area (Å²) in [6.07, 6.45) is 6.74. The second-order valence-corrected chi connectivity index (χ2v) is 9.64. The molecule has 1 fully saturated rings. The number of benzene rings is 2. The van der Waals surface area contributed by atoms with Crippen LogP contribution in [0, 0.1) is 0 Å². The smallest absolute Gasteiger partial charge is 0.237 e. The van der Waals surface area contributed by atoms with Gasteiger partial charge in [0, 0.05) is 24.2 Å². The van der Waals surface area contributed by atoms with E-state index in [0.29, 0.717) is 36.5 Å². The SMILES string of the molecule is COc1cccc(NCc2nnc(SCc3nc(Cc4ccccc4)no3)n2C2CCCCC2)c1. The molecule has 8 nitrogen and oxygen atoms in total. The van der Waals surface area contributed by atoms with E-state index in [-0.39, 0.29) is 0 Å². The van der Waals surface area contributed by atoms with Gasteiger partial charge in [0.05, 0.1) is 19.4 Å². The molecule has 35 heavy (non-hydrogen) atoms. The fourth-order valence-electron chi connectivity index (χ4n) is 4.47. The molecule has 1 aliphatic carbocycles. The Kier molecular flexibility index (Phi) is 7.62. The van der Waals surface area contributed by atoms with Crippen molar-refractivity contribution in [3.8, 4) is 5.75 Å². The first-order chi connectivity index (χ1) is 17.3. The molecule has 1 saturated carbocycles. The molecule has 1 N–H and O–H groups in total. The van der Waals surface area contributed by atoms with Gasteiger partial charge in [-0.15, -0.1) is 10.2 Å². The number of hydrogen-bond donors (Lipinski definition) is 1. The number of rotatable bonds is 10. The molecule has 0 saturated heterocycles. The molecule has 0 bridgehead atoms. The minimum absolute atomic E-state index is 0.416. The van der Waals surface area contributed by atoms with Gasteiger partial charge in [0.1, 0.15) is 5.75 Å². The lowest BCUT2D eigenvalue weighted by Gasteiger charge is -2.25. The van der Waals surface area contributed by atoms with Crippen LogP contribution in [0.15, 0.2) is 64.3 Å². The van der Waals surface area contributed by atoms with Crippen molar-refractivity contribution in [2.75, 3.05) is 12.4 Å². The summed E-state index contributed by atoms with van der Waals surface area (Å²) in [6.45, 7) is 0.596. The summed E-state index contributed by atoms with van der Waals surface area (Å²) in [5.41, 5.74) is 2.16. The normalized spacial score (nSPS) is 14.2. The monoisotopic (exact) mass is 490 g/mol. The highest BCUT2D eigenvalue weighted by Gasteiger charge is 2.23. The molecular formula is C26H30N6O2S. The van der Waals surface area contributed by atoms with Crippen LogP contribution in [0.25, 0.3) is 0 Å². The summed E-state index contributed by atoms with van der Waals surface area (Å²) in [4.78, 5) is 4.58. The average molecular weight is 491 g/mol. The lowest BCUT2D eigenvalue weighted by atomic mass is 9.95. The van der Waals surface area contributed by atoms with Crippen molar-refractivity contribution in [2.45, 2.75) is 62.0 Å². The highest BCUT2D eigenvalue weighted by atomic mass is 32.2. The average Bonchev–Trinajstić information content (AvgIpc) is 3.54. The Morgan fingerprint density at radius 2 is 1.91 bits per heavy atom. The van der Waals surface area contributed by atoms with Gasteiger partial charge >= 0.3 is 0 Å². The lowest BCUT2D eigenvalue weighted by molar-refractivity contribution is 0.329. The van der Waals surface area contributed by atoms with E-state index in [2.05, 4.69) is 42.4 Å². The summed E-state index contributed by atoms with van der Waals surface area (Å²) in [5.74, 6) is 3.64. The minimum Gasteiger partial charge on any atom is -0.497 e. The number of hydrogen-bond acceptors (Lipinski definition) is 8. The fraction of sp³-hybridized carbons (Fsp3) is 0.385. The van der Waals surface area contributed by atoms with E-state index in [9.17, 15) is 0 Å². The molecule has 9 heteroatoms. The Bertz CT molecular complexity index is 1220. The Morgan fingerprint density at radius 1 is 1.06 bits per heavy atom. The minimum atomic E-state index is 0.416. The van der Waals surface area contributed by atoms with Crippen molar-refractivity contribution in [1.82, 2.24) is 24.9 Å². The third-order valence-electron chi connectivity index (χ3n) is 6.24. The molecular weight excluding hydrogens is 460 g/mol. The highest BCUT2D eigenvalue weighted by molar-refractivity contribution is 7.98. The molecule has 2 heterocycles. The van der Waals surface area contributed by atoms with Gasteiger partial charge in [0.25, 0.3) is 0 Å². The van der Waals surface area contributed by atoms with E-state index in [0.717, 1.165) is 40.8 Å². The van der Waals surface area contributed by atoms with Gasteiger partial charge in [-0.25, -0.2) is 0 Å². The van der Waals surface area contributed by atoms with Crippen molar-refractivity contribution in [2.24, 2.45) is 0 Å². The van der Waals surface area contributed by atoms with Gasteiger partial charge in [-0.05, 0) is 30.5 Å². The molecule has 0 atom stereocenters. The summed E-state index contributed by atoms with van der Waals surface area (Å²) in [5, 5.41) is 17.6. The number of thioether (sulfide) groups is 1. The van der Waals surface area contributed by atoms with Crippen molar-refractivity contribution in [1.29, 1.82) is 0 Å². The van der Waals surface area contributed by atoms with E-state index in [1.807, 2.05) is 42.5 Å². The van der Waals surface area contributed by atoms with Crippen LogP contribution in [-0.2, 0) is 18.7 Å². The maximum atomic E-state index is 5.51. The van der Waals surface area contributed by atoms with Crippen LogP contribution in [0.3, 0.4) is 0 Å². The molecule has 1 aliphatic rings. The van der Waals surface area contributed by atoms with Gasteiger partial charge < -0.3 is 19.1 Å². The molecule has 0 unspecified atom stereocenters. The van der Waals surface area contributed by atoms with Crippen LogP contribution in [0.5, 0.6) is 5.75 Å². The first-order valence-corrected chi connectivity index (χ1v) is 13.1. The molecule has 0 amide bonds. The Balaban J connectivity index is 1.28. The largest absolute Gasteiger partial charge is 0.497 e. The maximum absolute atomic E-state index is 5.51. The zero-order chi connectivity index (χ0) is 23.9. The zero-order valence-electron chi connectivity index (χ0n) is 19.9. The number of nitrogens with one attached hydrogen (secondary N) is 1. The van der Waals surface area contributed by atoms with Crippen molar-refractivity contribution < 1.29 is 9.26 Å². The number of methoxy groups -OCH3 is 1. The van der Waals surface area contributed by atoms with Crippen LogP contribution >= 0.6 is 11.8 Å². The molecule has 182 valence electrons. The molecule has 0 radical (unpaired) electrons. The molecule has 0 aliphatic heterocycles. The van der Waals surface area contributed by atoms with Gasteiger partial charge in [0.2, 0.25) is 5.89 Å². The third kappa shape index (κ3) is 6.03. The number of aromatic nitrogens is 5. The van der Waals surface area contributed by atoms with E-state index >= 15 is 0 Å². The van der Waals surface area contributed by atoms with E-state index in [1.165, 1.54) is 19.3 Å². The maximum Gasteiger partial charge on any atom is 0.237 e. The Labute approximate surface area is 209 Å².